The largest absolute Gasteiger partial charge is 1.00 e. The van der Waals surface area contributed by atoms with Crippen molar-refractivity contribution in [3.8, 4) is 11.6 Å². The topological polar surface area (TPSA) is 34.6 Å². The maximum Gasteiger partial charge on any atom is 1.00 e. The van der Waals surface area contributed by atoms with Gasteiger partial charge in [0.2, 0.25) is 5.88 Å². The van der Waals surface area contributed by atoms with E-state index in [9.17, 15) is 0 Å². The van der Waals surface area contributed by atoms with E-state index in [1.807, 2.05) is 37.4 Å². The molecule has 0 bridgehead atoms. The van der Waals surface area contributed by atoms with Gasteiger partial charge in [-0.15, -0.1) is 0 Å². The molecule has 4 nitrogen and oxygen atoms in total. The van der Waals surface area contributed by atoms with Crippen LogP contribution in [0.15, 0.2) is 42.5 Å². The van der Waals surface area contributed by atoms with Gasteiger partial charge in [0.1, 0.15) is 11.6 Å². The second-order valence-corrected chi connectivity index (χ2v) is 6.59. The average Bonchev–Trinajstić information content (AvgIpc) is 2.53. The Morgan fingerprint density at radius 3 is 2.46 bits per heavy atom. The molecule has 1 aromatic heterocycles. The van der Waals surface area contributed by atoms with Crippen LogP contribution in [-0.4, -0.2) is 24.3 Å². The van der Waals surface area contributed by atoms with Crippen LogP contribution in [0.25, 0.3) is 0 Å². The Labute approximate surface area is 173 Å². The molecule has 1 aromatic carbocycles. The van der Waals surface area contributed by atoms with Crippen molar-refractivity contribution in [1.82, 2.24) is 4.98 Å². The maximum absolute atomic E-state index is 5.82. The van der Waals surface area contributed by atoms with E-state index in [4.69, 9.17) is 21.7 Å². The molecule has 2 rings (SSSR count). The normalized spacial score (nSPS) is 10.5. The number of ether oxygens (including phenoxy) is 2. The van der Waals surface area contributed by atoms with Crippen LogP contribution in [0.2, 0.25) is 0 Å². The third kappa shape index (κ3) is 5.45. The second kappa shape index (κ2) is 8.81. The van der Waals surface area contributed by atoms with Crippen LogP contribution in [-0.2, 0) is 5.41 Å². The van der Waals surface area contributed by atoms with Crippen LogP contribution in [0.4, 0.5) is 5.82 Å². The number of rotatable bonds is 3. The van der Waals surface area contributed by atoms with Crippen LogP contribution in [0, 0.1) is 0 Å². The number of benzene rings is 1. The monoisotopic (exact) mass is 354 g/mol. The summed E-state index contributed by atoms with van der Waals surface area (Å²) in [6, 6.07) is 13.5. The zero-order valence-electron chi connectivity index (χ0n) is 16.2. The van der Waals surface area contributed by atoms with Crippen molar-refractivity contribution in [2.45, 2.75) is 26.2 Å². The molecule has 0 radical (unpaired) electrons. The first-order valence-corrected chi connectivity index (χ1v) is 7.79. The minimum Gasteiger partial charge on any atom is -1.00 e. The summed E-state index contributed by atoms with van der Waals surface area (Å²) in [4.78, 5) is 6.06. The van der Waals surface area contributed by atoms with E-state index in [0.29, 0.717) is 16.9 Å². The van der Waals surface area contributed by atoms with E-state index in [1.54, 1.807) is 18.1 Å². The number of thiocarbonyl (C=S) groups is 1. The minimum atomic E-state index is 0. The molecule has 0 amide bonds. The van der Waals surface area contributed by atoms with E-state index in [0.717, 1.165) is 5.75 Å². The first-order valence-electron chi connectivity index (χ1n) is 7.38. The number of aromatic nitrogens is 1. The predicted molar refractivity (Wildman–Crippen MR) is 98.7 cm³/mol. The molecular formula is C18H23N2NaO2S. The number of hydrogen-bond donors (Lipinski definition) is 0. The average molecular weight is 354 g/mol. The van der Waals surface area contributed by atoms with Gasteiger partial charge in [-0.25, -0.2) is 0 Å². The molecule has 0 aliphatic heterocycles. The number of hydrogen-bond acceptors (Lipinski definition) is 4. The molecule has 0 aliphatic rings. The summed E-state index contributed by atoms with van der Waals surface area (Å²) in [5.74, 6) is 1.92. The smallest absolute Gasteiger partial charge is 1.00 e. The van der Waals surface area contributed by atoms with Crippen LogP contribution >= 0.6 is 12.2 Å². The predicted octanol–water partition coefficient (Wildman–Crippen LogP) is 1.30. The molecule has 24 heavy (non-hydrogen) atoms. The van der Waals surface area contributed by atoms with Gasteiger partial charge in [-0.2, -0.15) is 4.98 Å². The van der Waals surface area contributed by atoms with E-state index < -0.39 is 0 Å². The van der Waals surface area contributed by atoms with Crippen LogP contribution in [0.1, 0.15) is 27.8 Å². The van der Waals surface area contributed by atoms with Crippen molar-refractivity contribution in [1.29, 1.82) is 0 Å². The fourth-order valence-corrected chi connectivity index (χ4v) is 2.18. The van der Waals surface area contributed by atoms with Crippen molar-refractivity contribution in [2.75, 3.05) is 19.1 Å². The zero-order chi connectivity index (χ0) is 17.0. The number of nitrogens with zero attached hydrogens (tertiary/aromatic N) is 2. The van der Waals surface area contributed by atoms with Gasteiger partial charge in [0.05, 0.1) is 7.11 Å². The van der Waals surface area contributed by atoms with Gasteiger partial charge in [-0.05, 0) is 41.4 Å². The summed E-state index contributed by atoms with van der Waals surface area (Å²) in [6.45, 7) is 6.49. The Balaban J connectivity index is 0.00000288. The number of methoxy groups -OCH3 is 1. The van der Waals surface area contributed by atoms with E-state index in [2.05, 4.69) is 31.8 Å². The van der Waals surface area contributed by atoms with E-state index in [-0.39, 0.29) is 36.4 Å². The van der Waals surface area contributed by atoms with Crippen LogP contribution in [0.3, 0.4) is 0 Å². The molecule has 124 valence electrons. The van der Waals surface area contributed by atoms with Gasteiger partial charge in [0.15, 0.2) is 0 Å². The molecule has 0 spiro atoms. The van der Waals surface area contributed by atoms with E-state index >= 15 is 0 Å². The van der Waals surface area contributed by atoms with Crippen LogP contribution in [0.5, 0.6) is 11.6 Å². The van der Waals surface area contributed by atoms with Gasteiger partial charge in [0, 0.05) is 13.1 Å². The SMILES string of the molecule is COc1cccc(N(C)C(=S)Oc2cccc(C(C)(C)C)c2)n1.[H-].[Na+]. The molecule has 0 aliphatic carbocycles. The Kier molecular flexibility index (Phi) is 7.67. The summed E-state index contributed by atoms with van der Waals surface area (Å²) in [7, 11) is 3.40. The second-order valence-electron chi connectivity index (χ2n) is 6.24. The van der Waals surface area contributed by atoms with Crippen LogP contribution < -0.4 is 43.9 Å². The zero-order valence-corrected chi connectivity index (χ0v) is 18.0. The first-order chi connectivity index (χ1) is 10.8. The first kappa shape index (κ1) is 20.9. The molecular weight excluding hydrogens is 331 g/mol. The van der Waals surface area contributed by atoms with Gasteiger partial charge in [-0.1, -0.05) is 39.0 Å². The summed E-state index contributed by atoms with van der Waals surface area (Å²) < 4.78 is 11.0. The van der Waals surface area contributed by atoms with Gasteiger partial charge < -0.3 is 10.9 Å². The maximum atomic E-state index is 5.82. The third-order valence-corrected chi connectivity index (χ3v) is 3.80. The van der Waals surface area contributed by atoms with Gasteiger partial charge in [0.25, 0.3) is 5.17 Å². The molecule has 2 aromatic rings. The summed E-state index contributed by atoms with van der Waals surface area (Å²) in [5, 5.41) is 0.330. The molecule has 0 unspecified atom stereocenters. The number of anilines is 1. The van der Waals surface area contributed by atoms with Crippen molar-refractivity contribution in [2.24, 2.45) is 0 Å². The molecule has 0 N–H and O–H groups in total. The van der Waals surface area contributed by atoms with Crippen molar-refractivity contribution in [3.05, 3.63) is 48.0 Å². The molecule has 0 saturated carbocycles. The Bertz CT molecular complexity index is 707. The Morgan fingerprint density at radius 2 is 1.83 bits per heavy atom. The fraction of sp³-hybridized carbons (Fsp3) is 0.333. The summed E-state index contributed by atoms with van der Waals surface area (Å²) >= 11 is 5.38. The standard InChI is InChI=1S/C18H22N2O2S.Na.H/c1-18(2,3)13-8-6-9-14(12-13)22-17(23)20(4)15-10-7-11-16(19-15)21-5;;/h6-12H,1-5H3;;/q;+1;-1. The van der Waals surface area contributed by atoms with Crippen molar-refractivity contribution < 1.29 is 40.5 Å². The minimum absolute atomic E-state index is 0. The van der Waals surface area contributed by atoms with Gasteiger partial charge in [-0.3, -0.25) is 4.90 Å². The quantitative estimate of drug-likeness (QED) is 0.613. The summed E-state index contributed by atoms with van der Waals surface area (Å²) in [6.07, 6.45) is 0. The van der Waals surface area contributed by atoms with Crippen molar-refractivity contribution in [3.63, 3.8) is 0 Å². The number of pyridine rings is 1. The molecule has 1 heterocycles. The third-order valence-electron chi connectivity index (χ3n) is 3.44. The Morgan fingerprint density at radius 1 is 1.17 bits per heavy atom. The summed E-state index contributed by atoms with van der Waals surface area (Å²) in [5.41, 5.74) is 1.25. The molecule has 0 fully saturated rings. The fourth-order valence-electron chi connectivity index (χ4n) is 1.99. The Hall–Kier alpha value is -1.14. The molecule has 0 atom stereocenters. The van der Waals surface area contributed by atoms with E-state index in [1.165, 1.54) is 5.56 Å². The van der Waals surface area contributed by atoms with Gasteiger partial charge >= 0.3 is 29.6 Å². The molecule has 0 saturated heterocycles. The molecule has 6 heteroatoms. The van der Waals surface area contributed by atoms with Crippen molar-refractivity contribution >= 4 is 23.2 Å².